The van der Waals surface area contributed by atoms with Gasteiger partial charge in [-0.25, -0.2) is 8.42 Å². The van der Waals surface area contributed by atoms with Crippen molar-refractivity contribution < 1.29 is 27.8 Å². The maximum Gasteiger partial charge on any atom is 0.321 e. The zero-order valence-corrected chi connectivity index (χ0v) is 12.1. The fraction of sp³-hybridized carbons (Fsp3) is 0.417. The van der Waals surface area contributed by atoms with E-state index in [0.717, 1.165) is 4.31 Å². The standard InChI is InChI=1S/C12H15NO6S/c1-7-4-9-10(19-6-18-9)5-11(7)20(16,17)13(3)8(2)12(14)15/h4-5,8H,6H2,1-3H3,(H,14,15). The van der Waals surface area contributed by atoms with Crippen molar-refractivity contribution in [2.24, 2.45) is 0 Å². The van der Waals surface area contributed by atoms with E-state index in [0.29, 0.717) is 17.1 Å². The molecule has 1 aromatic rings. The Kier molecular flexibility index (Phi) is 3.61. The lowest BCUT2D eigenvalue weighted by molar-refractivity contribution is -0.140. The van der Waals surface area contributed by atoms with Crippen LogP contribution in [0, 0.1) is 6.92 Å². The van der Waals surface area contributed by atoms with Crippen molar-refractivity contribution in [3.05, 3.63) is 17.7 Å². The van der Waals surface area contributed by atoms with Crippen LogP contribution in [-0.2, 0) is 14.8 Å². The average Bonchev–Trinajstić information content (AvgIpc) is 2.82. The van der Waals surface area contributed by atoms with Gasteiger partial charge in [0.1, 0.15) is 6.04 Å². The summed E-state index contributed by atoms with van der Waals surface area (Å²) in [5, 5.41) is 8.94. The fourth-order valence-corrected chi connectivity index (χ4v) is 3.36. The first-order valence-electron chi connectivity index (χ1n) is 5.86. The second kappa shape index (κ2) is 4.95. The van der Waals surface area contributed by atoms with Gasteiger partial charge in [0, 0.05) is 13.1 Å². The van der Waals surface area contributed by atoms with Gasteiger partial charge >= 0.3 is 5.97 Å². The number of sulfonamides is 1. The summed E-state index contributed by atoms with van der Waals surface area (Å²) in [6, 6.07) is 1.76. The molecular weight excluding hydrogens is 286 g/mol. The Morgan fingerprint density at radius 3 is 2.45 bits per heavy atom. The zero-order valence-electron chi connectivity index (χ0n) is 11.3. The summed E-state index contributed by atoms with van der Waals surface area (Å²) in [6.07, 6.45) is 0. The fourth-order valence-electron chi connectivity index (χ4n) is 1.82. The molecule has 0 fully saturated rings. The van der Waals surface area contributed by atoms with Crippen LogP contribution in [0.1, 0.15) is 12.5 Å². The minimum atomic E-state index is -3.92. The molecule has 0 aromatic heterocycles. The van der Waals surface area contributed by atoms with Gasteiger partial charge in [0.15, 0.2) is 11.5 Å². The lowest BCUT2D eigenvalue weighted by Gasteiger charge is -2.22. The summed E-state index contributed by atoms with van der Waals surface area (Å²) in [4.78, 5) is 11.0. The normalized spacial score (nSPS) is 15.4. The Bertz CT molecular complexity index is 654. The first-order chi connectivity index (χ1) is 9.25. The summed E-state index contributed by atoms with van der Waals surface area (Å²) in [6.45, 7) is 2.97. The number of carboxylic acids is 1. The van der Waals surface area contributed by atoms with Crippen molar-refractivity contribution >= 4 is 16.0 Å². The average molecular weight is 301 g/mol. The van der Waals surface area contributed by atoms with Crippen LogP contribution in [0.2, 0.25) is 0 Å². The molecule has 0 amide bonds. The molecular formula is C12H15NO6S. The Morgan fingerprint density at radius 1 is 1.35 bits per heavy atom. The number of hydrogen-bond acceptors (Lipinski definition) is 5. The molecule has 1 atom stereocenters. The number of aryl methyl sites for hydroxylation is 1. The van der Waals surface area contributed by atoms with Crippen LogP contribution < -0.4 is 9.47 Å². The van der Waals surface area contributed by atoms with Crippen molar-refractivity contribution in [3.8, 4) is 11.5 Å². The molecule has 1 aliphatic rings. The monoisotopic (exact) mass is 301 g/mol. The highest BCUT2D eigenvalue weighted by Crippen LogP contribution is 2.37. The van der Waals surface area contributed by atoms with E-state index in [1.165, 1.54) is 20.0 Å². The molecule has 0 saturated heterocycles. The quantitative estimate of drug-likeness (QED) is 0.885. The summed E-state index contributed by atoms with van der Waals surface area (Å²) < 4.78 is 36.1. The molecule has 110 valence electrons. The van der Waals surface area contributed by atoms with E-state index in [9.17, 15) is 13.2 Å². The maximum absolute atomic E-state index is 12.5. The van der Waals surface area contributed by atoms with Crippen LogP contribution in [0.25, 0.3) is 0 Å². The van der Waals surface area contributed by atoms with E-state index < -0.39 is 22.0 Å². The van der Waals surface area contributed by atoms with E-state index in [-0.39, 0.29) is 11.7 Å². The SMILES string of the molecule is Cc1cc2c(cc1S(=O)(=O)N(C)C(C)C(=O)O)OCO2. The van der Waals surface area contributed by atoms with Gasteiger partial charge in [-0.1, -0.05) is 0 Å². The molecule has 0 bridgehead atoms. The van der Waals surface area contributed by atoms with Crippen LogP contribution in [0.4, 0.5) is 0 Å². The Morgan fingerprint density at radius 2 is 1.90 bits per heavy atom. The number of benzene rings is 1. The predicted molar refractivity (Wildman–Crippen MR) is 69.3 cm³/mol. The topological polar surface area (TPSA) is 93.1 Å². The minimum Gasteiger partial charge on any atom is -0.480 e. The Balaban J connectivity index is 2.47. The smallest absolute Gasteiger partial charge is 0.321 e. The van der Waals surface area contributed by atoms with Gasteiger partial charge in [0.25, 0.3) is 0 Å². The van der Waals surface area contributed by atoms with Crippen LogP contribution >= 0.6 is 0 Å². The van der Waals surface area contributed by atoms with Gasteiger partial charge in [-0.2, -0.15) is 4.31 Å². The first kappa shape index (κ1) is 14.6. The Hall–Kier alpha value is -1.80. The molecule has 1 aliphatic heterocycles. The lowest BCUT2D eigenvalue weighted by atomic mass is 10.2. The summed E-state index contributed by atoms with van der Waals surface area (Å²) in [7, 11) is -2.68. The number of aliphatic carboxylic acids is 1. The van der Waals surface area contributed by atoms with E-state index in [1.807, 2.05) is 0 Å². The molecule has 2 rings (SSSR count). The van der Waals surface area contributed by atoms with Crippen molar-refractivity contribution in [1.82, 2.24) is 4.31 Å². The van der Waals surface area contributed by atoms with E-state index in [4.69, 9.17) is 14.6 Å². The highest BCUT2D eigenvalue weighted by Gasteiger charge is 2.32. The van der Waals surface area contributed by atoms with Gasteiger partial charge < -0.3 is 14.6 Å². The van der Waals surface area contributed by atoms with Crippen molar-refractivity contribution in [2.75, 3.05) is 13.8 Å². The zero-order chi connectivity index (χ0) is 15.1. The van der Waals surface area contributed by atoms with Gasteiger partial charge in [0.05, 0.1) is 4.90 Å². The highest BCUT2D eigenvalue weighted by atomic mass is 32.2. The van der Waals surface area contributed by atoms with Gasteiger partial charge in [0.2, 0.25) is 16.8 Å². The van der Waals surface area contributed by atoms with Crippen LogP contribution in [0.3, 0.4) is 0 Å². The number of likely N-dealkylation sites (N-methyl/N-ethyl adjacent to an activating group) is 1. The number of fused-ring (bicyclic) bond motifs is 1. The third-order valence-corrected chi connectivity index (χ3v) is 5.30. The van der Waals surface area contributed by atoms with Crippen LogP contribution in [-0.4, -0.2) is 43.7 Å². The number of rotatable bonds is 4. The number of carboxylic acid groups (broad SMARTS) is 1. The second-order valence-electron chi connectivity index (χ2n) is 4.51. The number of nitrogens with zero attached hydrogens (tertiary/aromatic N) is 1. The van der Waals surface area contributed by atoms with Gasteiger partial charge in [-0.15, -0.1) is 0 Å². The minimum absolute atomic E-state index is 0.0114. The van der Waals surface area contributed by atoms with Crippen molar-refractivity contribution in [3.63, 3.8) is 0 Å². The first-order valence-corrected chi connectivity index (χ1v) is 7.30. The number of ether oxygens (including phenoxy) is 2. The third-order valence-electron chi connectivity index (χ3n) is 3.23. The van der Waals surface area contributed by atoms with Crippen molar-refractivity contribution in [1.29, 1.82) is 0 Å². The second-order valence-corrected chi connectivity index (χ2v) is 6.47. The largest absolute Gasteiger partial charge is 0.480 e. The molecule has 8 heteroatoms. The third kappa shape index (κ3) is 2.32. The molecule has 1 aromatic carbocycles. The molecule has 0 radical (unpaired) electrons. The molecule has 1 heterocycles. The predicted octanol–water partition coefficient (Wildman–Crippen LogP) is 0.817. The Labute approximate surface area is 116 Å². The molecule has 1 unspecified atom stereocenters. The lowest BCUT2D eigenvalue weighted by Crippen LogP contribution is -2.40. The number of carbonyl (C=O) groups is 1. The molecule has 0 saturated carbocycles. The summed E-state index contributed by atoms with van der Waals surface area (Å²) in [5.74, 6) is -0.393. The highest BCUT2D eigenvalue weighted by molar-refractivity contribution is 7.89. The number of hydrogen-bond donors (Lipinski definition) is 1. The molecule has 1 N–H and O–H groups in total. The van der Waals surface area contributed by atoms with E-state index in [1.54, 1.807) is 13.0 Å². The molecule has 7 nitrogen and oxygen atoms in total. The van der Waals surface area contributed by atoms with Crippen LogP contribution in [0.15, 0.2) is 17.0 Å². The summed E-state index contributed by atoms with van der Waals surface area (Å²) >= 11 is 0. The maximum atomic E-state index is 12.5. The van der Waals surface area contributed by atoms with Gasteiger partial charge in [-0.3, -0.25) is 4.79 Å². The summed E-state index contributed by atoms with van der Waals surface area (Å²) in [5.41, 5.74) is 0.471. The molecule has 20 heavy (non-hydrogen) atoms. The van der Waals surface area contributed by atoms with Crippen molar-refractivity contribution in [2.45, 2.75) is 24.8 Å². The van der Waals surface area contributed by atoms with Crippen LogP contribution in [0.5, 0.6) is 11.5 Å². The van der Waals surface area contributed by atoms with Gasteiger partial charge in [-0.05, 0) is 25.5 Å². The van der Waals surface area contributed by atoms with E-state index in [2.05, 4.69) is 0 Å². The molecule has 0 aliphatic carbocycles. The molecule has 0 spiro atoms. The van der Waals surface area contributed by atoms with E-state index >= 15 is 0 Å².